The number of anilines is 2. The average Bonchev–Trinajstić information content (AvgIpc) is 2.81. The first-order valence-corrected chi connectivity index (χ1v) is 11.2. The van der Waals surface area contributed by atoms with Gasteiger partial charge < -0.3 is 19.9 Å². The molecule has 0 aliphatic carbocycles. The number of benzene rings is 2. The monoisotopic (exact) mass is 450 g/mol. The van der Waals surface area contributed by atoms with Crippen molar-refractivity contribution >= 4 is 29.0 Å². The molecule has 4 rings (SSSR count). The fourth-order valence-corrected chi connectivity index (χ4v) is 3.97. The SMILES string of the molecule is CCc1cc(NC(=O)N2CCN(c3cccc(Cl)c3)CC2)c(Oc2ccccc2)nc1C. The molecule has 2 amide bonds. The van der Waals surface area contributed by atoms with E-state index in [0.717, 1.165) is 36.5 Å². The normalized spacial score (nSPS) is 13.7. The molecule has 0 spiro atoms. The lowest BCUT2D eigenvalue weighted by Crippen LogP contribution is -2.50. The third-order valence-corrected chi connectivity index (χ3v) is 5.84. The average molecular weight is 451 g/mol. The molecule has 32 heavy (non-hydrogen) atoms. The summed E-state index contributed by atoms with van der Waals surface area (Å²) in [5.41, 5.74) is 3.63. The van der Waals surface area contributed by atoms with Crippen molar-refractivity contribution in [2.75, 3.05) is 36.4 Å². The Morgan fingerprint density at radius 2 is 1.81 bits per heavy atom. The Hall–Kier alpha value is -3.25. The van der Waals surface area contributed by atoms with Crippen molar-refractivity contribution in [3.05, 3.63) is 76.9 Å². The van der Waals surface area contributed by atoms with Gasteiger partial charge in [-0.25, -0.2) is 9.78 Å². The number of carbonyl (C=O) groups excluding carboxylic acids is 1. The van der Waals surface area contributed by atoms with Crippen LogP contribution in [0.25, 0.3) is 0 Å². The van der Waals surface area contributed by atoms with Crippen LogP contribution in [0.1, 0.15) is 18.2 Å². The molecule has 2 aromatic carbocycles. The standard InChI is InChI=1S/C25H27ClN4O2/c1-3-19-16-23(24(27-18(19)2)32-22-10-5-4-6-11-22)28-25(31)30-14-12-29(13-15-30)21-9-7-8-20(26)17-21/h4-11,16-17H,3,12-15H2,1-2H3,(H,28,31). The predicted molar refractivity (Wildman–Crippen MR) is 129 cm³/mol. The zero-order valence-corrected chi connectivity index (χ0v) is 19.1. The number of amides is 2. The number of aromatic nitrogens is 1. The summed E-state index contributed by atoms with van der Waals surface area (Å²) in [6.07, 6.45) is 0.825. The number of ether oxygens (including phenoxy) is 1. The number of para-hydroxylation sites is 1. The van der Waals surface area contributed by atoms with Crippen LogP contribution in [0, 0.1) is 6.92 Å². The maximum Gasteiger partial charge on any atom is 0.322 e. The molecular weight excluding hydrogens is 424 g/mol. The van der Waals surface area contributed by atoms with Crippen molar-refractivity contribution in [1.29, 1.82) is 0 Å². The molecule has 1 aliphatic rings. The Kier molecular flexibility index (Phi) is 6.81. The van der Waals surface area contributed by atoms with Crippen molar-refractivity contribution in [3.63, 3.8) is 0 Å². The van der Waals surface area contributed by atoms with E-state index in [4.69, 9.17) is 16.3 Å². The number of nitrogens with one attached hydrogen (secondary N) is 1. The Morgan fingerprint density at radius 3 is 2.50 bits per heavy atom. The van der Waals surface area contributed by atoms with Gasteiger partial charge in [0.1, 0.15) is 11.4 Å². The quantitative estimate of drug-likeness (QED) is 0.537. The molecule has 6 nitrogen and oxygen atoms in total. The largest absolute Gasteiger partial charge is 0.437 e. The highest BCUT2D eigenvalue weighted by Crippen LogP contribution is 2.30. The summed E-state index contributed by atoms with van der Waals surface area (Å²) < 4.78 is 6.00. The van der Waals surface area contributed by atoms with E-state index in [-0.39, 0.29) is 6.03 Å². The van der Waals surface area contributed by atoms with Crippen molar-refractivity contribution in [1.82, 2.24) is 9.88 Å². The van der Waals surface area contributed by atoms with Crippen LogP contribution in [-0.4, -0.2) is 42.1 Å². The molecule has 1 N–H and O–H groups in total. The first kappa shape index (κ1) is 22.0. The topological polar surface area (TPSA) is 57.7 Å². The minimum atomic E-state index is -0.152. The van der Waals surface area contributed by atoms with Gasteiger partial charge in [0.15, 0.2) is 0 Å². The summed E-state index contributed by atoms with van der Waals surface area (Å²) in [7, 11) is 0. The van der Waals surface area contributed by atoms with Crippen LogP contribution >= 0.6 is 11.6 Å². The number of hydrogen-bond acceptors (Lipinski definition) is 4. The number of carbonyl (C=O) groups is 1. The second kappa shape index (κ2) is 9.92. The maximum atomic E-state index is 13.0. The molecule has 1 fully saturated rings. The van der Waals surface area contributed by atoms with Crippen molar-refractivity contribution in [3.8, 4) is 11.6 Å². The summed E-state index contributed by atoms with van der Waals surface area (Å²) in [5, 5.41) is 3.74. The summed E-state index contributed by atoms with van der Waals surface area (Å²) in [6.45, 7) is 6.75. The van der Waals surface area contributed by atoms with Gasteiger partial charge in [0.2, 0.25) is 5.88 Å². The van der Waals surface area contributed by atoms with Crippen LogP contribution in [0.2, 0.25) is 5.02 Å². The van der Waals surface area contributed by atoms with Gasteiger partial charge >= 0.3 is 6.03 Å². The van der Waals surface area contributed by atoms with Crippen LogP contribution in [0.5, 0.6) is 11.6 Å². The fraction of sp³-hybridized carbons (Fsp3) is 0.280. The van der Waals surface area contributed by atoms with Gasteiger partial charge in [0.25, 0.3) is 0 Å². The summed E-state index contributed by atoms with van der Waals surface area (Å²) in [6, 6.07) is 19.1. The molecule has 1 aromatic heterocycles. The third-order valence-electron chi connectivity index (χ3n) is 5.60. The molecule has 0 bridgehead atoms. The zero-order chi connectivity index (χ0) is 22.5. The van der Waals surface area contributed by atoms with Crippen LogP contribution in [0.3, 0.4) is 0 Å². The molecule has 3 aromatic rings. The Bertz CT molecular complexity index is 1080. The first-order chi connectivity index (χ1) is 15.5. The van der Waals surface area contributed by atoms with E-state index in [1.807, 2.05) is 72.5 Å². The number of piperazine rings is 1. The molecule has 7 heteroatoms. The van der Waals surface area contributed by atoms with E-state index in [2.05, 4.69) is 22.1 Å². The van der Waals surface area contributed by atoms with E-state index >= 15 is 0 Å². The van der Waals surface area contributed by atoms with Crippen LogP contribution < -0.4 is 15.0 Å². The first-order valence-electron chi connectivity index (χ1n) is 10.8. The lowest BCUT2D eigenvalue weighted by molar-refractivity contribution is 0.208. The van der Waals surface area contributed by atoms with Gasteiger partial charge in [-0.05, 0) is 55.3 Å². The zero-order valence-electron chi connectivity index (χ0n) is 18.3. The van der Waals surface area contributed by atoms with Gasteiger partial charge in [0.05, 0.1) is 0 Å². The number of urea groups is 1. The molecule has 2 heterocycles. The number of pyridine rings is 1. The maximum absolute atomic E-state index is 13.0. The Balaban J connectivity index is 1.46. The minimum absolute atomic E-state index is 0.152. The van der Waals surface area contributed by atoms with Crippen molar-refractivity contribution < 1.29 is 9.53 Å². The van der Waals surface area contributed by atoms with Crippen LogP contribution in [-0.2, 0) is 6.42 Å². The summed E-state index contributed by atoms with van der Waals surface area (Å²) in [4.78, 5) is 21.7. The van der Waals surface area contributed by atoms with E-state index in [1.165, 1.54) is 0 Å². The fourth-order valence-electron chi connectivity index (χ4n) is 3.78. The Labute approximate surface area is 193 Å². The van der Waals surface area contributed by atoms with Gasteiger partial charge in [0, 0.05) is 42.6 Å². The lowest BCUT2D eigenvalue weighted by atomic mass is 10.1. The second-order valence-electron chi connectivity index (χ2n) is 7.74. The molecule has 166 valence electrons. The van der Waals surface area contributed by atoms with Crippen molar-refractivity contribution in [2.45, 2.75) is 20.3 Å². The number of rotatable bonds is 5. The number of halogens is 1. The lowest BCUT2D eigenvalue weighted by Gasteiger charge is -2.36. The van der Waals surface area contributed by atoms with Crippen molar-refractivity contribution in [2.24, 2.45) is 0 Å². The number of hydrogen-bond donors (Lipinski definition) is 1. The third kappa shape index (κ3) is 5.14. The molecule has 1 aliphatic heterocycles. The van der Waals surface area contributed by atoms with E-state index < -0.39 is 0 Å². The highest BCUT2D eigenvalue weighted by molar-refractivity contribution is 6.30. The predicted octanol–water partition coefficient (Wildman–Crippen LogP) is 5.75. The minimum Gasteiger partial charge on any atom is -0.437 e. The summed E-state index contributed by atoms with van der Waals surface area (Å²) >= 11 is 6.12. The van der Waals surface area contributed by atoms with E-state index in [1.54, 1.807) is 0 Å². The number of nitrogens with zero attached hydrogens (tertiary/aromatic N) is 3. The highest BCUT2D eigenvalue weighted by Gasteiger charge is 2.23. The molecule has 0 radical (unpaired) electrons. The molecule has 0 saturated carbocycles. The second-order valence-corrected chi connectivity index (χ2v) is 8.17. The van der Waals surface area contributed by atoms with Gasteiger partial charge in [-0.2, -0.15) is 0 Å². The smallest absolute Gasteiger partial charge is 0.322 e. The highest BCUT2D eigenvalue weighted by atomic mass is 35.5. The molecule has 0 unspecified atom stereocenters. The number of aryl methyl sites for hydroxylation is 2. The van der Waals surface area contributed by atoms with Crippen LogP contribution in [0.4, 0.5) is 16.2 Å². The van der Waals surface area contributed by atoms with Gasteiger partial charge in [-0.15, -0.1) is 0 Å². The van der Waals surface area contributed by atoms with E-state index in [0.29, 0.717) is 35.4 Å². The molecule has 0 atom stereocenters. The molecule has 1 saturated heterocycles. The van der Waals surface area contributed by atoms with E-state index in [9.17, 15) is 4.79 Å². The Morgan fingerprint density at radius 1 is 1.06 bits per heavy atom. The van der Waals surface area contributed by atoms with Gasteiger partial charge in [-0.1, -0.05) is 42.8 Å². The summed E-state index contributed by atoms with van der Waals surface area (Å²) in [5.74, 6) is 1.08. The van der Waals surface area contributed by atoms with Gasteiger partial charge in [-0.3, -0.25) is 0 Å². The van der Waals surface area contributed by atoms with Crippen LogP contribution in [0.15, 0.2) is 60.7 Å². The molecular formula is C25H27ClN4O2.